The van der Waals surface area contributed by atoms with Crippen molar-refractivity contribution in [2.45, 2.75) is 90.3 Å². The number of carbonyl (C=O) groups excluding carboxylic acids is 3. The predicted molar refractivity (Wildman–Crippen MR) is 144 cm³/mol. The lowest BCUT2D eigenvalue weighted by Gasteiger charge is -2.50. The molecule has 38 heavy (non-hydrogen) atoms. The molecule has 2 saturated carbocycles. The third kappa shape index (κ3) is 7.72. The normalized spacial score (nSPS) is 25.3. The predicted octanol–water partition coefficient (Wildman–Crippen LogP) is 2.79. The standard InChI is InChI=1S/C27H44N6O5/c1-6-21(34)32-26(4,5)10-11-33-24(37-15-17(2)3)20(14-30-33)23(35)31-22-18-8-7-9-19(22)13-27(29,12-18)16-38-25(28)36/h10-11,14,17-19,22H,6-9,12-13,15-16,29H2,1-5H3,(H2,28,36)(H,31,35)(H,32,34)/b11-10+/t18?,19?,22-,27+. The van der Waals surface area contributed by atoms with Crippen LogP contribution in [0.25, 0.3) is 6.20 Å². The molecular formula is C27H44N6O5. The zero-order valence-electron chi connectivity index (χ0n) is 23.3. The molecular weight excluding hydrogens is 488 g/mol. The van der Waals surface area contributed by atoms with Gasteiger partial charge in [-0.2, -0.15) is 5.10 Å². The highest BCUT2D eigenvalue weighted by Crippen LogP contribution is 2.44. The summed E-state index contributed by atoms with van der Waals surface area (Å²) in [6, 6.07) is -0.0402. The third-order valence-electron chi connectivity index (χ3n) is 7.27. The van der Waals surface area contributed by atoms with Gasteiger partial charge in [-0.3, -0.25) is 9.59 Å². The molecule has 11 nitrogen and oxygen atoms in total. The van der Waals surface area contributed by atoms with Crippen LogP contribution in [-0.2, 0) is 9.53 Å². The van der Waals surface area contributed by atoms with Crippen molar-refractivity contribution >= 4 is 24.1 Å². The first-order chi connectivity index (χ1) is 17.8. The molecule has 2 fully saturated rings. The molecule has 212 valence electrons. The van der Waals surface area contributed by atoms with Crippen LogP contribution >= 0.6 is 0 Å². The van der Waals surface area contributed by atoms with Gasteiger partial charge in [0.05, 0.1) is 23.9 Å². The minimum absolute atomic E-state index is 0.0402. The number of carbonyl (C=O) groups is 3. The molecule has 3 rings (SSSR count). The molecule has 1 aromatic heterocycles. The number of aromatic nitrogens is 2. The first kappa shape index (κ1) is 29.5. The van der Waals surface area contributed by atoms with Gasteiger partial charge in [0.1, 0.15) is 12.2 Å². The summed E-state index contributed by atoms with van der Waals surface area (Å²) >= 11 is 0. The van der Waals surface area contributed by atoms with Crippen molar-refractivity contribution in [2.75, 3.05) is 13.2 Å². The fourth-order valence-corrected chi connectivity index (χ4v) is 5.52. The smallest absolute Gasteiger partial charge is 0.404 e. The van der Waals surface area contributed by atoms with Crippen molar-refractivity contribution < 1.29 is 23.9 Å². The van der Waals surface area contributed by atoms with Gasteiger partial charge in [0.25, 0.3) is 5.91 Å². The zero-order chi connectivity index (χ0) is 28.1. The number of hydrogen-bond donors (Lipinski definition) is 4. The van der Waals surface area contributed by atoms with Gasteiger partial charge >= 0.3 is 6.09 Å². The molecule has 0 radical (unpaired) electrons. The van der Waals surface area contributed by atoms with Crippen LogP contribution < -0.4 is 26.8 Å². The lowest BCUT2D eigenvalue weighted by atomic mass is 9.62. The number of fused-ring (bicyclic) bond motifs is 2. The van der Waals surface area contributed by atoms with Crippen LogP contribution in [0.4, 0.5) is 4.79 Å². The van der Waals surface area contributed by atoms with Crippen LogP contribution in [0.1, 0.15) is 83.5 Å². The molecule has 0 spiro atoms. The molecule has 2 unspecified atom stereocenters. The highest BCUT2D eigenvalue weighted by atomic mass is 16.5. The fraction of sp³-hybridized carbons (Fsp3) is 0.704. The number of hydrogen-bond acceptors (Lipinski definition) is 7. The van der Waals surface area contributed by atoms with Crippen molar-refractivity contribution in [3.05, 3.63) is 17.8 Å². The van der Waals surface area contributed by atoms with E-state index in [0.29, 0.717) is 37.3 Å². The van der Waals surface area contributed by atoms with E-state index in [9.17, 15) is 14.4 Å². The summed E-state index contributed by atoms with van der Waals surface area (Å²) in [7, 11) is 0. The summed E-state index contributed by atoms with van der Waals surface area (Å²) in [6.07, 6.45) is 8.83. The Morgan fingerprint density at radius 3 is 2.50 bits per heavy atom. The zero-order valence-corrected chi connectivity index (χ0v) is 23.3. The molecule has 2 aliphatic rings. The Morgan fingerprint density at radius 2 is 1.92 bits per heavy atom. The number of nitrogens with zero attached hydrogens (tertiary/aromatic N) is 2. The number of ether oxygens (including phenoxy) is 2. The van der Waals surface area contributed by atoms with E-state index in [-0.39, 0.29) is 42.2 Å². The molecule has 2 aliphatic carbocycles. The van der Waals surface area contributed by atoms with E-state index < -0.39 is 17.2 Å². The highest BCUT2D eigenvalue weighted by molar-refractivity contribution is 5.96. The minimum Gasteiger partial charge on any atom is -0.477 e. The van der Waals surface area contributed by atoms with Crippen molar-refractivity contribution in [1.29, 1.82) is 0 Å². The van der Waals surface area contributed by atoms with E-state index in [1.165, 1.54) is 10.9 Å². The van der Waals surface area contributed by atoms with Crippen LogP contribution in [0.2, 0.25) is 0 Å². The second kappa shape index (κ2) is 12.2. The average molecular weight is 533 g/mol. The van der Waals surface area contributed by atoms with E-state index in [0.717, 1.165) is 19.3 Å². The van der Waals surface area contributed by atoms with E-state index in [4.69, 9.17) is 20.9 Å². The Balaban J connectivity index is 1.78. The Hall–Kier alpha value is -3.08. The van der Waals surface area contributed by atoms with Gasteiger partial charge in [0, 0.05) is 18.7 Å². The fourth-order valence-electron chi connectivity index (χ4n) is 5.52. The molecule has 0 saturated heterocycles. The van der Waals surface area contributed by atoms with Gasteiger partial charge in [0.2, 0.25) is 11.8 Å². The summed E-state index contributed by atoms with van der Waals surface area (Å²) < 4.78 is 12.6. The molecule has 1 aromatic rings. The van der Waals surface area contributed by atoms with Crippen LogP contribution in [0, 0.1) is 17.8 Å². The molecule has 3 amide bonds. The summed E-state index contributed by atoms with van der Waals surface area (Å²) in [5.41, 5.74) is 10.8. The monoisotopic (exact) mass is 532 g/mol. The van der Waals surface area contributed by atoms with Crippen molar-refractivity contribution in [2.24, 2.45) is 29.2 Å². The topological polar surface area (TPSA) is 164 Å². The maximum absolute atomic E-state index is 13.5. The molecule has 0 aliphatic heterocycles. The lowest BCUT2D eigenvalue weighted by molar-refractivity contribution is -0.121. The number of primary amides is 1. The van der Waals surface area contributed by atoms with Crippen molar-refractivity contribution in [3.63, 3.8) is 0 Å². The van der Waals surface area contributed by atoms with Crippen molar-refractivity contribution in [1.82, 2.24) is 20.4 Å². The molecule has 11 heteroatoms. The van der Waals surface area contributed by atoms with Gasteiger partial charge in [0.15, 0.2) is 0 Å². The van der Waals surface area contributed by atoms with Crippen LogP contribution in [-0.4, -0.2) is 58.0 Å². The van der Waals surface area contributed by atoms with Crippen LogP contribution in [0.3, 0.4) is 0 Å². The Kier molecular flexibility index (Phi) is 9.45. The van der Waals surface area contributed by atoms with E-state index >= 15 is 0 Å². The molecule has 6 N–H and O–H groups in total. The first-order valence-corrected chi connectivity index (χ1v) is 13.5. The average Bonchev–Trinajstić information content (AvgIpc) is 3.23. The van der Waals surface area contributed by atoms with Crippen LogP contribution in [0.5, 0.6) is 5.88 Å². The molecule has 1 heterocycles. The van der Waals surface area contributed by atoms with E-state index in [2.05, 4.69) is 15.7 Å². The molecule has 2 bridgehead atoms. The van der Waals surface area contributed by atoms with Gasteiger partial charge < -0.3 is 31.6 Å². The number of amides is 3. The summed E-state index contributed by atoms with van der Waals surface area (Å²) in [6.45, 7) is 10.1. The minimum atomic E-state index is -0.827. The Morgan fingerprint density at radius 1 is 1.26 bits per heavy atom. The van der Waals surface area contributed by atoms with Crippen molar-refractivity contribution in [3.8, 4) is 5.88 Å². The van der Waals surface area contributed by atoms with Gasteiger partial charge in [-0.15, -0.1) is 0 Å². The van der Waals surface area contributed by atoms with Crippen LogP contribution in [0.15, 0.2) is 12.3 Å². The second-order valence-electron chi connectivity index (χ2n) is 11.8. The maximum Gasteiger partial charge on any atom is 0.404 e. The Bertz CT molecular complexity index is 1020. The van der Waals surface area contributed by atoms with E-state index in [1.807, 2.05) is 33.8 Å². The maximum atomic E-state index is 13.5. The van der Waals surface area contributed by atoms with Gasteiger partial charge in [-0.25, -0.2) is 9.48 Å². The lowest BCUT2D eigenvalue weighted by Crippen LogP contribution is -2.60. The highest BCUT2D eigenvalue weighted by Gasteiger charge is 2.47. The summed E-state index contributed by atoms with van der Waals surface area (Å²) in [5.74, 6) is 0.640. The third-order valence-corrected chi connectivity index (χ3v) is 7.27. The quantitative estimate of drug-likeness (QED) is 0.340. The summed E-state index contributed by atoms with van der Waals surface area (Å²) in [4.78, 5) is 36.5. The van der Waals surface area contributed by atoms with Gasteiger partial charge in [-0.05, 0) is 63.4 Å². The number of nitrogens with two attached hydrogens (primary N) is 2. The largest absolute Gasteiger partial charge is 0.477 e. The summed E-state index contributed by atoms with van der Waals surface area (Å²) in [5, 5.41) is 10.6. The molecule has 2 atom stereocenters. The molecule has 0 aromatic carbocycles. The first-order valence-electron chi connectivity index (χ1n) is 13.5. The van der Waals surface area contributed by atoms with Gasteiger partial charge in [-0.1, -0.05) is 27.2 Å². The Labute approximate surface area is 225 Å². The second-order valence-corrected chi connectivity index (χ2v) is 11.8. The number of nitrogens with one attached hydrogen (secondary N) is 2. The number of rotatable bonds is 11. The van der Waals surface area contributed by atoms with E-state index in [1.54, 1.807) is 13.1 Å². The SMILES string of the molecule is CCC(=O)NC(C)(C)/C=C/n1ncc(C(=O)N[C@H]2C3CCCC2C[C@@](N)(COC(N)=O)C3)c1OCC(C)C.